The molecule has 0 aliphatic carbocycles. The van der Waals surface area contributed by atoms with Gasteiger partial charge in [-0.3, -0.25) is 4.68 Å². The van der Waals surface area contributed by atoms with E-state index in [4.69, 9.17) is 4.42 Å². The van der Waals surface area contributed by atoms with Crippen molar-refractivity contribution in [2.45, 2.75) is 24.4 Å². The van der Waals surface area contributed by atoms with Crippen LogP contribution in [0.15, 0.2) is 40.1 Å². The maximum Gasteiger partial charge on any atom is 0.276 e. The first kappa shape index (κ1) is 14.7. The van der Waals surface area contributed by atoms with Crippen molar-refractivity contribution in [3.05, 3.63) is 59.2 Å². The Hall–Kier alpha value is -2.22. The zero-order valence-electron chi connectivity index (χ0n) is 11.7. The quantitative estimate of drug-likeness (QED) is 0.675. The summed E-state index contributed by atoms with van der Waals surface area (Å²) in [5.41, 5.74) is 1.24. The fourth-order valence-corrected chi connectivity index (χ4v) is 2.60. The van der Waals surface area contributed by atoms with Gasteiger partial charge in [-0.05, 0) is 31.2 Å². The summed E-state index contributed by atoms with van der Waals surface area (Å²) in [5, 5.41) is 12.2. The highest BCUT2D eigenvalue weighted by atomic mass is 32.2. The molecule has 0 bridgehead atoms. The first-order chi connectivity index (χ1) is 10.6. The van der Waals surface area contributed by atoms with Crippen molar-refractivity contribution in [2.24, 2.45) is 0 Å². The van der Waals surface area contributed by atoms with Crippen molar-refractivity contribution in [3.63, 3.8) is 0 Å². The number of hydrogen-bond acceptors (Lipinski definition) is 5. The van der Waals surface area contributed by atoms with Crippen molar-refractivity contribution in [1.82, 2.24) is 20.0 Å². The molecule has 3 rings (SSSR count). The lowest BCUT2D eigenvalue weighted by molar-refractivity contribution is 0.396. The number of hydrogen-bond donors (Lipinski definition) is 0. The lowest BCUT2D eigenvalue weighted by Crippen LogP contribution is -2.03. The molecule has 8 heteroatoms. The van der Waals surface area contributed by atoms with Gasteiger partial charge in [0.1, 0.15) is 18.2 Å². The molecule has 0 spiro atoms. The number of thioether (sulfide) groups is 1. The van der Waals surface area contributed by atoms with Crippen molar-refractivity contribution in [2.75, 3.05) is 0 Å². The number of benzene rings is 1. The van der Waals surface area contributed by atoms with E-state index in [0.29, 0.717) is 17.7 Å². The van der Waals surface area contributed by atoms with E-state index >= 15 is 0 Å². The van der Waals surface area contributed by atoms with E-state index in [1.807, 2.05) is 13.0 Å². The van der Waals surface area contributed by atoms with Gasteiger partial charge in [0.05, 0.1) is 0 Å². The number of rotatable bonds is 5. The monoisotopic (exact) mass is 322 g/mol. The van der Waals surface area contributed by atoms with Crippen molar-refractivity contribution in [3.8, 4) is 0 Å². The maximum absolute atomic E-state index is 13.5. The molecule has 0 unspecified atom stereocenters. The van der Waals surface area contributed by atoms with E-state index in [-0.39, 0.29) is 11.3 Å². The smallest absolute Gasteiger partial charge is 0.276 e. The van der Waals surface area contributed by atoms with Crippen LogP contribution in [0.1, 0.15) is 17.1 Å². The Morgan fingerprint density at radius 2 is 2.09 bits per heavy atom. The Morgan fingerprint density at radius 3 is 2.86 bits per heavy atom. The summed E-state index contributed by atoms with van der Waals surface area (Å²) >= 11 is 1.16. The van der Waals surface area contributed by atoms with E-state index in [2.05, 4.69) is 15.3 Å². The molecular formula is C14H12F2N4OS. The minimum atomic E-state index is -0.475. The Kier molecular flexibility index (Phi) is 4.19. The number of nitrogens with zero attached hydrogens (tertiary/aromatic N) is 4. The topological polar surface area (TPSA) is 56.7 Å². The third kappa shape index (κ3) is 3.33. The molecule has 0 aliphatic heterocycles. The SMILES string of the molecule is Cc1ccnn1Cc1nnc(SCc2cc(F)ccc2F)o1. The highest BCUT2D eigenvalue weighted by Gasteiger charge is 2.11. The maximum atomic E-state index is 13.5. The lowest BCUT2D eigenvalue weighted by atomic mass is 10.2. The molecule has 2 aromatic heterocycles. The van der Waals surface area contributed by atoms with Crippen LogP contribution in [0.5, 0.6) is 0 Å². The Bertz CT molecular complexity index is 787. The molecule has 0 aliphatic rings. The van der Waals surface area contributed by atoms with Crippen LogP contribution >= 0.6 is 11.8 Å². The molecule has 0 amide bonds. The molecule has 114 valence electrons. The first-order valence-corrected chi connectivity index (χ1v) is 7.48. The molecule has 0 saturated heterocycles. The normalized spacial score (nSPS) is 11.0. The van der Waals surface area contributed by atoms with Crippen LogP contribution in [0.4, 0.5) is 8.78 Å². The van der Waals surface area contributed by atoms with Gasteiger partial charge in [0.25, 0.3) is 5.22 Å². The third-order valence-electron chi connectivity index (χ3n) is 3.02. The highest BCUT2D eigenvalue weighted by molar-refractivity contribution is 7.98. The van der Waals surface area contributed by atoms with Gasteiger partial charge >= 0.3 is 0 Å². The van der Waals surface area contributed by atoms with Gasteiger partial charge in [0.2, 0.25) is 5.89 Å². The summed E-state index contributed by atoms with van der Waals surface area (Å²) < 4.78 is 33.8. The lowest BCUT2D eigenvalue weighted by Gasteiger charge is -2.01. The highest BCUT2D eigenvalue weighted by Crippen LogP contribution is 2.23. The van der Waals surface area contributed by atoms with Gasteiger partial charge in [0, 0.05) is 23.2 Å². The zero-order valence-corrected chi connectivity index (χ0v) is 12.5. The second-order valence-corrected chi connectivity index (χ2v) is 5.54. The van der Waals surface area contributed by atoms with Crippen LogP contribution in [0.3, 0.4) is 0 Å². The molecule has 0 atom stereocenters. The van der Waals surface area contributed by atoms with E-state index < -0.39 is 11.6 Å². The van der Waals surface area contributed by atoms with Gasteiger partial charge in [-0.2, -0.15) is 5.10 Å². The van der Waals surface area contributed by atoms with Gasteiger partial charge in [0.15, 0.2) is 0 Å². The third-order valence-corrected chi connectivity index (χ3v) is 3.89. The second-order valence-electron chi connectivity index (χ2n) is 4.62. The van der Waals surface area contributed by atoms with Crippen LogP contribution in [-0.2, 0) is 12.3 Å². The van der Waals surface area contributed by atoms with Gasteiger partial charge < -0.3 is 4.42 Å². The van der Waals surface area contributed by atoms with E-state index in [9.17, 15) is 8.78 Å². The predicted octanol–water partition coefficient (Wildman–Crippen LogP) is 3.19. The minimum absolute atomic E-state index is 0.214. The summed E-state index contributed by atoms with van der Waals surface area (Å²) in [7, 11) is 0. The van der Waals surface area contributed by atoms with Gasteiger partial charge in [-0.25, -0.2) is 8.78 Å². The fourth-order valence-electron chi connectivity index (χ4n) is 1.85. The first-order valence-electron chi connectivity index (χ1n) is 6.49. The fraction of sp³-hybridized carbons (Fsp3) is 0.214. The van der Waals surface area contributed by atoms with Crippen molar-refractivity contribution >= 4 is 11.8 Å². The number of aromatic nitrogens is 4. The van der Waals surface area contributed by atoms with E-state index in [1.54, 1.807) is 10.9 Å². The molecule has 22 heavy (non-hydrogen) atoms. The van der Waals surface area contributed by atoms with Crippen LogP contribution in [0, 0.1) is 18.6 Å². The Labute approximate surface area is 129 Å². The summed E-state index contributed by atoms with van der Waals surface area (Å²) in [4.78, 5) is 0. The standard InChI is InChI=1S/C14H12F2N4OS/c1-9-4-5-17-20(9)7-13-18-19-14(21-13)22-8-10-6-11(15)2-3-12(10)16/h2-6H,7-8H2,1H3. The largest absolute Gasteiger partial charge is 0.414 e. The van der Waals surface area contributed by atoms with Gasteiger partial charge in [-0.1, -0.05) is 11.8 Å². The molecule has 0 saturated carbocycles. The molecular weight excluding hydrogens is 310 g/mol. The van der Waals surface area contributed by atoms with Crippen LogP contribution in [0.2, 0.25) is 0 Å². The molecule has 1 aromatic carbocycles. The van der Waals surface area contributed by atoms with Crippen LogP contribution < -0.4 is 0 Å². The number of halogens is 2. The summed E-state index contributed by atoms with van der Waals surface area (Å²) in [5.74, 6) is -0.307. The van der Waals surface area contributed by atoms with Gasteiger partial charge in [-0.15, -0.1) is 10.2 Å². The Morgan fingerprint density at radius 1 is 1.23 bits per heavy atom. The molecule has 5 nitrogen and oxygen atoms in total. The van der Waals surface area contributed by atoms with E-state index in [1.165, 1.54) is 0 Å². The Balaban J connectivity index is 1.64. The zero-order chi connectivity index (χ0) is 15.5. The minimum Gasteiger partial charge on any atom is -0.414 e. The molecule has 0 N–H and O–H groups in total. The molecule has 0 radical (unpaired) electrons. The predicted molar refractivity (Wildman–Crippen MR) is 76.3 cm³/mol. The molecule has 0 fully saturated rings. The summed E-state index contributed by atoms with van der Waals surface area (Å²) in [6.07, 6.45) is 1.69. The average Bonchev–Trinajstić information content (AvgIpc) is 3.10. The number of aryl methyl sites for hydroxylation is 1. The van der Waals surface area contributed by atoms with Crippen LogP contribution in [0.25, 0.3) is 0 Å². The average molecular weight is 322 g/mol. The summed E-state index contributed by atoms with van der Waals surface area (Å²) in [6, 6.07) is 5.22. The van der Waals surface area contributed by atoms with E-state index in [0.717, 1.165) is 35.7 Å². The van der Waals surface area contributed by atoms with Crippen molar-refractivity contribution in [1.29, 1.82) is 0 Å². The molecule has 2 heterocycles. The molecule has 3 aromatic rings. The summed E-state index contributed by atoms with van der Waals surface area (Å²) in [6.45, 7) is 2.30. The second kappa shape index (κ2) is 6.27. The van der Waals surface area contributed by atoms with Crippen LogP contribution in [-0.4, -0.2) is 20.0 Å². The van der Waals surface area contributed by atoms with Crippen molar-refractivity contribution < 1.29 is 13.2 Å².